The zero-order valence-electron chi connectivity index (χ0n) is 3.09. The summed E-state index contributed by atoms with van der Waals surface area (Å²) < 4.78 is 34.4. The van der Waals surface area contributed by atoms with Crippen molar-refractivity contribution in [3.8, 4) is 0 Å². The molecule has 0 radical (unpaired) electrons. The summed E-state index contributed by atoms with van der Waals surface area (Å²) in [4.78, 5) is 0. The van der Waals surface area contributed by atoms with Gasteiger partial charge < -0.3 is 0 Å². The van der Waals surface area contributed by atoms with Crippen LogP contribution in [0, 0.1) is 0 Å². The van der Waals surface area contributed by atoms with E-state index in [2.05, 4.69) is 0 Å². The molecule has 0 spiro atoms. The van der Waals surface area contributed by atoms with Gasteiger partial charge in [-0.1, -0.05) is 0 Å². The van der Waals surface area contributed by atoms with Crippen molar-refractivity contribution in [2.75, 3.05) is 0 Å². The van der Waals surface area contributed by atoms with Gasteiger partial charge in [0.2, 0.25) is 0 Å². The SMILES string of the molecule is O=[As]([O-])([O-])[O-].[Cu+].[Zn+2]. The third-order valence-electron chi connectivity index (χ3n) is 0. The zero-order valence-corrected chi connectivity index (χ0v) is 8.87. The van der Waals surface area contributed by atoms with E-state index in [1.165, 1.54) is 0 Å². The predicted molar refractivity (Wildman–Crippen MR) is 6.44 cm³/mol. The maximum absolute atomic E-state index is 8.61. The molecule has 0 amide bonds. The molecule has 7 heteroatoms. The first-order valence-corrected chi connectivity index (χ1v) is 3.79. The molecule has 0 atom stereocenters. The molecule has 0 saturated carbocycles. The van der Waals surface area contributed by atoms with Crippen LogP contribution in [0.5, 0.6) is 0 Å². The minimum absolute atomic E-state index is 0. The molecule has 0 aliphatic heterocycles. The Morgan fingerprint density at radius 3 is 1.14 bits per heavy atom. The fourth-order valence-corrected chi connectivity index (χ4v) is 0. The summed E-state index contributed by atoms with van der Waals surface area (Å²) in [7, 11) is 0. The molecule has 4 nitrogen and oxygen atoms in total. The molecule has 0 fully saturated rings. The van der Waals surface area contributed by atoms with Crippen LogP contribution in [0.25, 0.3) is 0 Å². The van der Waals surface area contributed by atoms with Crippen molar-refractivity contribution in [3.05, 3.63) is 0 Å². The summed E-state index contributed by atoms with van der Waals surface area (Å²) in [6.45, 7) is 0. The standard InChI is InChI=1S/AsH3O4.Cu.Zn/c2-1(3,4)5;;/h(H3,2,3,4,5);;/q;+1;+2/p-3. The Balaban J connectivity index is -0.0000000800. The molecule has 0 aromatic heterocycles. The molecule has 0 bridgehead atoms. The molecule has 0 saturated heterocycles. The molecular formula is AsCuO4Zn. The average molecular weight is 268 g/mol. The topological polar surface area (TPSA) is 86.2 Å². The minimum atomic E-state index is -5.88. The normalized spacial score (nSPS) is 8.43. The van der Waals surface area contributed by atoms with Gasteiger partial charge in [0.05, 0.1) is 0 Å². The van der Waals surface area contributed by atoms with E-state index < -0.39 is 14.5 Å². The van der Waals surface area contributed by atoms with Crippen LogP contribution in [0.3, 0.4) is 0 Å². The summed E-state index contributed by atoms with van der Waals surface area (Å²) >= 11 is -5.88. The van der Waals surface area contributed by atoms with E-state index in [1.54, 1.807) is 0 Å². The molecule has 7 heavy (non-hydrogen) atoms. The second-order valence-electron chi connectivity index (χ2n) is 0.447. The first-order chi connectivity index (χ1) is 2.00. The van der Waals surface area contributed by atoms with E-state index in [9.17, 15) is 0 Å². The summed E-state index contributed by atoms with van der Waals surface area (Å²) in [6.07, 6.45) is 0. The van der Waals surface area contributed by atoms with Gasteiger partial charge in [0.1, 0.15) is 0 Å². The van der Waals surface area contributed by atoms with Crippen molar-refractivity contribution in [2.24, 2.45) is 0 Å². The Bertz CT molecular complexity index is 57.8. The Kier molecular flexibility index (Phi) is 12.4. The van der Waals surface area contributed by atoms with Crippen molar-refractivity contribution >= 4 is 14.5 Å². The fourth-order valence-electron chi connectivity index (χ4n) is 0. The third kappa shape index (κ3) is 112. The van der Waals surface area contributed by atoms with Crippen LogP contribution >= 0.6 is 0 Å². The van der Waals surface area contributed by atoms with Crippen molar-refractivity contribution in [3.63, 3.8) is 0 Å². The smallest absolute Gasteiger partial charge is 1.00 e. The van der Waals surface area contributed by atoms with Crippen LogP contribution in [-0.4, -0.2) is 14.5 Å². The monoisotopic (exact) mass is 266 g/mol. The van der Waals surface area contributed by atoms with Gasteiger partial charge in [-0.05, 0) is 0 Å². The van der Waals surface area contributed by atoms with Crippen LogP contribution in [0.1, 0.15) is 0 Å². The van der Waals surface area contributed by atoms with Crippen molar-refractivity contribution in [1.29, 1.82) is 0 Å². The average Bonchev–Trinajstić information content (AvgIpc) is 0.722. The minimum Gasteiger partial charge on any atom is 1.00 e. The van der Waals surface area contributed by atoms with Gasteiger partial charge in [-0.15, -0.1) is 0 Å². The van der Waals surface area contributed by atoms with E-state index in [0.717, 1.165) is 0 Å². The van der Waals surface area contributed by atoms with Crippen molar-refractivity contribution in [1.82, 2.24) is 0 Å². The van der Waals surface area contributed by atoms with Gasteiger partial charge in [0.25, 0.3) is 0 Å². The second kappa shape index (κ2) is 5.52. The van der Waals surface area contributed by atoms with Crippen LogP contribution in [0.15, 0.2) is 0 Å². The summed E-state index contributed by atoms with van der Waals surface area (Å²) in [5, 5.41) is 0. The van der Waals surface area contributed by atoms with Gasteiger partial charge >= 0.3 is 67.1 Å². The summed E-state index contributed by atoms with van der Waals surface area (Å²) in [5.74, 6) is 0. The quantitative estimate of drug-likeness (QED) is 0.418. The predicted octanol–water partition coefficient (Wildman–Crippen LogP) is -4.07. The molecular weight excluding hydrogens is 268 g/mol. The molecule has 0 aromatic rings. The number of hydrogen-bond acceptors (Lipinski definition) is 4. The summed E-state index contributed by atoms with van der Waals surface area (Å²) in [5.41, 5.74) is 0. The Hall–Kier alpha value is 1.38. The molecule has 0 aliphatic rings. The van der Waals surface area contributed by atoms with Crippen LogP contribution in [0.2, 0.25) is 0 Å². The van der Waals surface area contributed by atoms with Gasteiger partial charge in [0.15, 0.2) is 0 Å². The fraction of sp³-hybridized carbons (Fsp3) is 0. The Morgan fingerprint density at radius 1 is 1.14 bits per heavy atom. The van der Waals surface area contributed by atoms with Crippen LogP contribution < -0.4 is 12.3 Å². The van der Waals surface area contributed by atoms with Gasteiger partial charge in [-0.25, -0.2) is 0 Å². The zero-order chi connectivity index (χ0) is 4.50. The van der Waals surface area contributed by atoms with E-state index in [4.69, 9.17) is 16.0 Å². The van der Waals surface area contributed by atoms with Crippen molar-refractivity contribution in [2.45, 2.75) is 0 Å². The molecule has 0 unspecified atom stereocenters. The molecule has 0 rings (SSSR count). The van der Waals surface area contributed by atoms with E-state index in [0.29, 0.717) is 0 Å². The van der Waals surface area contributed by atoms with Crippen LogP contribution in [-0.2, 0) is 40.3 Å². The number of hydrogen-bond donors (Lipinski definition) is 0. The third-order valence-corrected chi connectivity index (χ3v) is 0. The molecule has 0 aliphatic carbocycles. The van der Waals surface area contributed by atoms with E-state index in [-0.39, 0.29) is 36.5 Å². The number of rotatable bonds is 0. The Morgan fingerprint density at radius 2 is 1.14 bits per heavy atom. The van der Waals surface area contributed by atoms with E-state index >= 15 is 0 Å². The van der Waals surface area contributed by atoms with Crippen molar-refractivity contribution < 1.29 is 52.6 Å². The molecule has 0 heterocycles. The first kappa shape index (κ1) is 15.8. The summed E-state index contributed by atoms with van der Waals surface area (Å²) in [6, 6.07) is 0. The van der Waals surface area contributed by atoms with Gasteiger partial charge in [-0.2, -0.15) is 0 Å². The van der Waals surface area contributed by atoms with E-state index in [1.807, 2.05) is 0 Å². The first-order valence-electron chi connectivity index (χ1n) is 0.730. The van der Waals surface area contributed by atoms with Crippen LogP contribution in [0.4, 0.5) is 0 Å². The molecule has 0 N–H and O–H groups in total. The molecule has 42 valence electrons. The van der Waals surface area contributed by atoms with Gasteiger partial charge in [-0.3, -0.25) is 0 Å². The largest absolute Gasteiger partial charge is 2.00 e. The molecule has 0 aromatic carbocycles. The van der Waals surface area contributed by atoms with Gasteiger partial charge in [0, 0.05) is 0 Å². The maximum atomic E-state index is 8.61. The second-order valence-corrected chi connectivity index (χ2v) is 2.32. The maximum Gasteiger partial charge on any atom is 2.00 e. The Labute approximate surface area is 66.9 Å².